The van der Waals surface area contributed by atoms with E-state index in [2.05, 4.69) is 25.2 Å². The van der Waals surface area contributed by atoms with Gasteiger partial charge in [-0.05, 0) is 13.8 Å². The van der Waals surface area contributed by atoms with Gasteiger partial charge in [-0.15, -0.1) is 11.3 Å². The molecule has 0 amide bonds. The predicted octanol–water partition coefficient (Wildman–Crippen LogP) is 2.22. The second kappa shape index (κ2) is 6.36. The van der Waals surface area contributed by atoms with E-state index in [0.29, 0.717) is 19.1 Å². The molecule has 1 aliphatic heterocycles. The van der Waals surface area contributed by atoms with Gasteiger partial charge in [0, 0.05) is 23.7 Å². The minimum Gasteiger partial charge on any atom is -0.478 e. The minimum absolute atomic E-state index is 0.00274. The number of aromatic nitrogens is 3. The third kappa shape index (κ3) is 3.30. The van der Waals surface area contributed by atoms with Gasteiger partial charge in [-0.2, -0.15) is 0 Å². The molecule has 1 saturated heterocycles. The Morgan fingerprint density at radius 2 is 2.38 bits per heavy atom. The van der Waals surface area contributed by atoms with Crippen molar-refractivity contribution in [2.45, 2.75) is 20.0 Å². The van der Waals surface area contributed by atoms with Crippen molar-refractivity contribution in [3.05, 3.63) is 28.5 Å². The number of morpholine rings is 1. The fraction of sp³-hybridized carbons (Fsp3) is 0.500. The van der Waals surface area contributed by atoms with E-state index in [1.807, 2.05) is 19.9 Å². The highest BCUT2D eigenvalue weighted by atomic mass is 32.1. The predicted molar refractivity (Wildman–Crippen MR) is 81.0 cm³/mol. The highest BCUT2D eigenvalue weighted by molar-refractivity contribution is 7.09. The van der Waals surface area contributed by atoms with Crippen LogP contribution < -0.4 is 9.64 Å². The maximum absolute atomic E-state index is 5.84. The fourth-order valence-electron chi connectivity index (χ4n) is 2.26. The Hall–Kier alpha value is -1.73. The first kappa shape index (κ1) is 14.2. The van der Waals surface area contributed by atoms with Gasteiger partial charge < -0.3 is 14.4 Å². The standard InChI is InChI=1S/C14H18N4O2S/c1-3-19-13-6-12(15-9-16-13)18-4-5-20-11(7-18)14-17-10(2)8-21-14/h6,8-9,11H,3-5,7H2,1-2H3. The van der Waals surface area contributed by atoms with Crippen LogP contribution in [0.2, 0.25) is 0 Å². The molecule has 0 N–H and O–H groups in total. The van der Waals surface area contributed by atoms with Crippen LogP contribution in [0.25, 0.3) is 0 Å². The molecular weight excluding hydrogens is 288 g/mol. The molecule has 0 radical (unpaired) electrons. The molecular formula is C14H18N4O2S. The lowest BCUT2D eigenvalue weighted by atomic mass is 10.2. The van der Waals surface area contributed by atoms with Crippen LogP contribution in [0.4, 0.5) is 5.82 Å². The normalized spacial score (nSPS) is 18.8. The molecule has 1 aliphatic rings. The van der Waals surface area contributed by atoms with E-state index in [9.17, 15) is 0 Å². The van der Waals surface area contributed by atoms with Gasteiger partial charge in [0.1, 0.15) is 23.3 Å². The minimum atomic E-state index is 0.00274. The smallest absolute Gasteiger partial charge is 0.218 e. The highest BCUT2D eigenvalue weighted by Crippen LogP contribution is 2.28. The van der Waals surface area contributed by atoms with Crippen molar-refractivity contribution < 1.29 is 9.47 Å². The van der Waals surface area contributed by atoms with Crippen molar-refractivity contribution in [1.82, 2.24) is 15.0 Å². The lowest BCUT2D eigenvalue weighted by molar-refractivity contribution is 0.0393. The van der Waals surface area contributed by atoms with Crippen LogP contribution in [0.5, 0.6) is 5.88 Å². The van der Waals surface area contributed by atoms with Crippen molar-refractivity contribution >= 4 is 17.2 Å². The second-order valence-electron chi connectivity index (χ2n) is 4.78. The van der Waals surface area contributed by atoms with Crippen LogP contribution >= 0.6 is 11.3 Å². The first-order valence-electron chi connectivity index (χ1n) is 6.99. The summed E-state index contributed by atoms with van der Waals surface area (Å²) < 4.78 is 11.3. The molecule has 0 spiro atoms. The van der Waals surface area contributed by atoms with Gasteiger partial charge in [-0.3, -0.25) is 0 Å². The van der Waals surface area contributed by atoms with Crippen LogP contribution in [0, 0.1) is 6.92 Å². The van der Waals surface area contributed by atoms with Gasteiger partial charge in [0.25, 0.3) is 0 Å². The van der Waals surface area contributed by atoms with Crippen LogP contribution in [-0.4, -0.2) is 41.3 Å². The Labute approximate surface area is 127 Å². The quantitative estimate of drug-likeness (QED) is 0.863. The van der Waals surface area contributed by atoms with Crippen LogP contribution in [0.3, 0.4) is 0 Å². The van der Waals surface area contributed by atoms with E-state index in [1.165, 1.54) is 0 Å². The number of hydrogen-bond acceptors (Lipinski definition) is 7. The Kier molecular flexibility index (Phi) is 4.31. The molecule has 112 valence electrons. The lowest BCUT2D eigenvalue weighted by Gasteiger charge is -2.32. The Balaban J connectivity index is 1.75. The summed E-state index contributed by atoms with van der Waals surface area (Å²) in [6.45, 7) is 6.76. The summed E-state index contributed by atoms with van der Waals surface area (Å²) in [6.07, 6.45) is 1.54. The van der Waals surface area contributed by atoms with Gasteiger partial charge >= 0.3 is 0 Å². The summed E-state index contributed by atoms with van der Waals surface area (Å²) in [5.41, 5.74) is 1.04. The maximum Gasteiger partial charge on any atom is 0.218 e. The summed E-state index contributed by atoms with van der Waals surface area (Å²) in [4.78, 5) is 15.2. The largest absolute Gasteiger partial charge is 0.478 e. The molecule has 0 aromatic carbocycles. The number of nitrogens with zero attached hydrogens (tertiary/aromatic N) is 4. The Bertz CT molecular complexity index is 604. The molecule has 0 bridgehead atoms. The molecule has 7 heteroatoms. The third-order valence-corrected chi connectivity index (χ3v) is 4.28. The van der Waals surface area contributed by atoms with Crippen LogP contribution in [0.1, 0.15) is 23.7 Å². The SMILES string of the molecule is CCOc1cc(N2CCOC(c3nc(C)cs3)C2)ncn1. The van der Waals surface area contributed by atoms with E-state index in [4.69, 9.17) is 9.47 Å². The molecule has 3 heterocycles. The summed E-state index contributed by atoms with van der Waals surface area (Å²) in [7, 11) is 0. The first-order valence-corrected chi connectivity index (χ1v) is 7.87. The van der Waals surface area contributed by atoms with Gasteiger partial charge in [-0.1, -0.05) is 0 Å². The number of aryl methyl sites for hydroxylation is 1. The topological polar surface area (TPSA) is 60.4 Å². The molecule has 21 heavy (non-hydrogen) atoms. The first-order chi connectivity index (χ1) is 10.3. The monoisotopic (exact) mass is 306 g/mol. The zero-order valence-corrected chi connectivity index (χ0v) is 13.0. The lowest BCUT2D eigenvalue weighted by Crippen LogP contribution is -2.38. The molecule has 2 aromatic heterocycles. The van der Waals surface area contributed by atoms with Crippen molar-refractivity contribution in [3.8, 4) is 5.88 Å². The second-order valence-corrected chi connectivity index (χ2v) is 5.67. The Morgan fingerprint density at radius 3 is 3.14 bits per heavy atom. The van der Waals surface area contributed by atoms with Crippen LogP contribution in [-0.2, 0) is 4.74 Å². The fourth-order valence-corrected chi connectivity index (χ4v) is 3.09. The van der Waals surface area contributed by atoms with E-state index in [-0.39, 0.29) is 6.10 Å². The average molecular weight is 306 g/mol. The molecule has 6 nitrogen and oxygen atoms in total. The molecule has 1 atom stereocenters. The summed E-state index contributed by atoms with van der Waals surface area (Å²) in [5.74, 6) is 1.48. The van der Waals surface area contributed by atoms with Crippen molar-refractivity contribution in [3.63, 3.8) is 0 Å². The van der Waals surface area contributed by atoms with Crippen molar-refractivity contribution in [2.24, 2.45) is 0 Å². The molecule has 1 unspecified atom stereocenters. The van der Waals surface area contributed by atoms with E-state index >= 15 is 0 Å². The van der Waals surface area contributed by atoms with E-state index in [0.717, 1.165) is 29.6 Å². The molecule has 1 fully saturated rings. The number of anilines is 1. The molecule has 2 aromatic rings. The average Bonchev–Trinajstić information content (AvgIpc) is 2.95. The van der Waals surface area contributed by atoms with Gasteiger partial charge in [0.2, 0.25) is 5.88 Å². The number of rotatable bonds is 4. The molecule has 0 aliphatic carbocycles. The summed E-state index contributed by atoms with van der Waals surface area (Å²) in [5, 5.41) is 3.08. The third-order valence-electron chi connectivity index (χ3n) is 3.22. The van der Waals surface area contributed by atoms with Crippen molar-refractivity contribution in [2.75, 3.05) is 31.2 Å². The zero-order valence-electron chi connectivity index (χ0n) is 12.2. The van der Waals surface area contributed by atoms with E-state index in [1.54, 1.807) is 17.7 Å². The summed E-state index contributed by atoms with van der Waals surface area (Å²) in [6, 6.07) is 1.87. The number of ether oxygens (including phenoxy) is 2. The Morgan fingerprint density at radius 1 is 1.48 bits per heavy atom. The van der Waals surface area contributed by atoms with Gasteiger partial charge in [-0.25, -0.2) is 15.0 Å². The van der Waals surface area contributed by atoms with Gasteiger partial charge in [0.15, 0.2) is 0 Å². The molecule has 3 rings (SSSR count). The summed E-state index contributed by atoms with van der Waals surface area (Å²) >= 11 is 1.64. The van der Waals surface area contributed by atoms with Crippen LogP contribution in [0.15, 0.2) is 17.8 Å². The number of thiazole rings is 1. The van der Waals surface area contributed by atoms with Crippen molar-refractivity contribution in [1.29, 1.82) is 0 Å². The number of hydrogen-bond donors (Lipinski definition) is 0. The zero-order chi connectivity index (χ0) is 14.7. The molecule has 0 saturated carbocycles. The highest BCUT2D eigenvalue weighted by Gasteiger charge is 2.25. The van der Waals surface area contributed by atoms with E-state index < -0.39 is 0 Å². The maximum atomic E-state index is 5.84. The van der Waals surface area contributed by atoms with Gasteiger partial charge in [0.05, 0.1) is 19.8 Å².